The van der Waals surface area contributed by atoms with E-state index >= 15 is 0 Å². The van der Waals surface area contributed by atoms with E-state index in [0.717, 1.165) is 0 Å². The summed E-state index contributed by atoms with van der Waals surface area (Å²) in [6.45, 7) is 0.425. The van der Waals surface area contributed by atoms with Gasteiger partial charge in [0, 0.05) is 36.5 Å². The fourth-order valence-electron chi connectivity index (χ4n) is 5.57. The third kappa shape index (κ3) is 8.65. The molecule has 0 aromatic heterocycles. The minimum atomic E-state index is -3.88. The lowest BCUT2D eigenvalue weighted by atomic mass is 9.83. The highest BCUT2D eigenvalue weighted by molar-refractivity contribution is 7.91. The van der Waals surface area contributed by atoms with E-state index < -0.39 is 33.1 Å². The Balaban J connectivity index is 1.54. The van der Waals surface area contributed by atoms with E-state index in [1.54, 1.807) is 84.9 Å². The SMILES string of the molecule is [N-]=[N+]=NCc1ccccc1[C@@H]1OC(c2ccc(OCCCO)cc2)=N[C@]1(CCS(=O)(=O)c1ccccc1)C(=O)NNCCc1ccccc1F. The molecule has 12 nitrogen and oxygen atoms in total. The van der Waals surface area contributed by atoms with Gasteiger partial charge in [-0.05, 0) is 71.1 Å². The van der Waals surface area contributed by atoms with Gasteiger partial charge in [0.2, 0.25) is 5.90 Å². The molecule has 4 aromatic carbocycles. The largest absolute Gasteiger partial charge is 0.494 e. The fourth-order valence-corrected chi connectivity index (χ4v) is 6.96. The first-order valence-electron chi connectivity index (χ1n) is 16.0. The summed E-state index contributed by atoms with van der Waals surface area (Å²) in [6, 6.07) is 28.0. The molecule has 0 fully saturated rings. The van der Waals surface area contributed by atoms with Gasteiger partial charge >= 0.3 is 0 Å². The van der Waals surface area contributed by atoms with Crippen molar-refractivity contribution in [3.05, 3.63) is 142 Å². The molecule has 1 amide bonds. The number of carbonyl (C=O) groups excluding carboxylic acids is 1. The molecular formula is C36H37FN6O6S. The van der Waals surface area contributed by atoms with E-state index in [9.17, 15) is 17.6 Å². The topological polar surface area (TPSA) is 175 Å². The number of azide groups is 1. The van der Waals surface area contributed by atoms with E-state index in [1.165, 1.54) is 18.2 Å². The normalized spacial score (nSPS) is 16.9. The zero-order valence-corrected chi connectivity index (χ0v) is 27.9. The van der Waals surface area contributed by atoms with Crippen molar-refractivity contribution in [3.63, 3.8) is 0 Å². The number of benzene rings is 4. The monoisotopic (exact) mass is 700 g/mol. The highest BCUT2D eigenvalue weighted by Crippen LogP contribution is 2.44. The summed E-state index contributed by atoms with van der Waals surface area (Å²) in [5, 5.41) is 12.8. The molecule has 0 aliphatic carbocycles. The van der Waals surface area contributed by atoms with Gasteiger partial charge in [0.15, 0.2) is 21.5 Å². The predicted molar refractivity (Wildman–Crippen MR) is 185 cm³/mol. The molecule has 0 saturated carbocycles. The molecule has 5 rings (SSSR count). The van der Waals surface area contributed by atoms with Crippen LogP contribution in [-0.2, 0) is 32.3 Å². The average molecular weight is 701 g/mol. The Labute approximate surface area is 289 Å². The number of halogens is 1. The molecule has 0 spiro atoms. The van der Waals surface area contributed by atoms with Crippen LogP contribution in [0.15, 0.2) is 118 Å². The molecule has 4 aromatic rings. The maximum Gasteiger partial charge on any atom is 0.266 e. The average Bonchev–Trinajstić information content (AvgIpc) is 3.54. The lowest BCUT2D eigenvalue weighted by Crippen LogP contribution is -2.53. The summed E-state index contributed by atoms with van der Waals surface area (Å²) < 4.78 is 53.6. The zero-order valence-electron chi connectivity index (χ0n) is 27.1. The van der Waals surface area contributed by atoms with Crippen LogP contribution >= 0.6 is 0 Å². The molecule has 14 heteroatoms. The van der Waals surface area contributed by atoms with Crippen LogP contribution in [0.25, 0.3) is 10.4 Å². The quantitative estimate of drug-likeness (QED) is 0.0436. The van der Waals surface area contributed by atoms with Gasteiger partial charge in [0.1, 0.15) is 11.6 Å². The number of carbonyl (C=O) groups is 1. The molecule has 50 heavy (non-hydrogen) atoms. The van der Waals surface area contributed by atoms with Crippen LogP contribution in [0.1, 0.15) is 41.2 Å². The van der Waals surface area contributed by atoms with E-state index in [-0.39, 0.29) is 49.1 Å². The predicted octanol–water partition coefficient (Wildman–Crippen LogP) is 5.38. The van der Waals surface area contributed by atoms with Crippen molar-refractivity contribution in [2.24, 2.45) is 10.1 Å². The van der Waals surface area contributed by atoms with Crippen LogP contribution in [0, 0.1) is 5.82 Å². The van der Waals surface area contributed by atoms with Gasteiger partial charge in [0.25, 0.3) is 5.91 Å². The number of ether oxygens (including phenoxy) is 2. The third-order valence-corrected chi connectivity index (χ3v) is 9.94. The highest BCUT2D eigenvalue weighted by Gasteiger charge is 2.54. The molecule has 260 valence electrons. The van der Waals surface area contributed by atoms with Gasteiger partial charge in [-0.2, -0.15) is 0 Å². The highest BCUT2D eigenvalue weighted by atomic mass is 32.2. The van der Waals surface area contributed by atoms with Crippen molar-refractivity contribution in [2.75, 3.05) is 25.5 Å². The first kappa shape index (κ1) is 36.0. The third-order valence-electron chi connectivity index (χ3n) is 8.21. The number of aliphatic hydroxyl groups is 1. The van der Waals surface area contributed by atoms with Gasteiger partial charge < -0.3 is 14.6 Å². The molecule has 0 unspecified atom stereocenters. The number of nitrogens with zero attached hydrogens (tertiary/aromatic N) is 4. The second-order valence-electron chi connectivity index (χ2n) is 11.5. The number of hydrogen-bond donors (Lipinski definition) is 3. The summed E-state index contributed by atoms with van der Waals surface area (Å²) in [5.74, 6) is -0.852. The van der Waals surface area contributed by atoms with Gasteiger partial charge in [-0.1, -0.05) is 65.8 Å². The zero-order chi connectivity index (χ0) is 35.4. The van der Waals surface area contributed by atoms with Crippen LogP contribution in [0.5, 0.6) is 5.75 Å². The summed E-state index contributed by atoms with van der Waals surface area (Å²) >= 11 is 0. The maximum atomic E-state index is 14.4. The molecule has 1 aliphatic rings. The van der Waals surface area contributed by atoms with Crippen molar-refractivity contribution in [2.45, 2.75) is 42.3 Å². The van der Waals surface area contributed by atoms with Crippen LogP contribution in [0.3, 0.4) is 0 Å². The van der Waals surface area contributed by atoms with Gasteiger partial charge in [-0.3, -0.25) is 10.2 Å². The van der Waals surface area contributed by atoms with Gasteiger partial charge in [-0.25, -0.2) is 23.2 Å². The van der Waals surface area contributed by atoms with Crippen LogP contribution < -0.4 is 15.6 Å². The summed E-state index contributed by atoms with van der Waals surface area (Å²) in [6.07, 6.45) is -0.690. The number of aliphatic hydroxyl groups excluding tert-OH is 1. The van der Waals surface area contributed by atoms with Crippen molar-refractivity contribution in [1.82, 2.24) is 10.9 Å². The van der Waals surface area contributed by atoms with E-state index in [0.29, 0.717) is 41.0 Å². The minimum absolute atomic E-state index is 0.00654. The Morgan fingerprint density at radius 1 is 1.00 bits per heavy atom. The second-order valence-corrected chi connectivity index (χ2v) is 13.6. The summed E-state index contributed by atoms with van der Waals surface area (Å²) in [7, 11) is -3.88. The molecule has 0 bridgehead atoms. The number of amides is 1. The van der Waals surface area contributed by atoms with E-state index in [4.69, 9.17) is 25.1 Å². The minimum Gasteiger partial charge on any atom is -0.494 e. The molecular weight excluding hydrogens is 663 g/mol. The fraction of sp³-hybridized carbons (Fsp3) is 0.278. The number of rotatable bonds is 17. The molecule has 1 aliphatic heterocycles. The summed E-state index contributed by atoms with van der Waals surface area (Å²) in [4.78, 5) is 22.3. The first-order valence-corrected chi connectivity index (χ1v) is 17.7. The second kappa shape index (κ2) is 16.9. The van der Waals surface area contributed by atoms with Crippen LogP contribution in [0.4, 0.5) is 4.39 Å². The first-order chi connectivity index (χ1) is 24.3. The number of nitrogens with one attached hydrogen (secondary N) is 2. The number of sulfone groups is 1. The molecule has 1 heterocycles. The van der Waals surface area contributed by atoms with Gasteiger partial charge in [0.05, 0.1) is 23.8 Å². The Bertz CT molecular complexity index is 1960. The van der Waals surface area contributed by atoms with Crippen molar-refractivity contribution >= 4 is 21.6 Å². The van der Waals surface area contributed by atoms with Crippen LogP contribution in [0.2, 0.25) is 0 Å². The lowest BCUT2D eigenvalue weighted by Gasteiger charge is -2.31. The van der Waals surface area contributed by atoms with E-state index in [2.05, 4.69) is 20.9 Å². The summed E-state index contributed by atoms with van der Waals surface area (Å²) in [5.41, 5.74) is 14.8. The standard InChI is InChI=1S/C36H37FN6O6S/c37-32-14-7-5-9-26(32)19-21-39-42-35(45)36(20-24-50(46,47)30-11-2-1-3-12-30)33(31-13-6-4-10-28(31)25-40-43-38)49-34(41-36)27-15-17-29(18-16-27)48-23-8-22-44/h1-7,9-18,33,39,44H,8,19-25H2,(H,42,45)/t33-,36-/m0/s1. The van der Waals surface area contributed by atoms with Crippen molar-refractivity contribution in [1.29, 1.82) is 0 Å². The van der Waals surface area contributed by atoms with Crippen molar-refractivity contribution in [3.8, 4) is 5.75 Å². The Morgan fingerprint density at radius 2 is 1.70 bits per heavy atom. The molecule has 2 atom stereocenters. The Hall–Kier alpha value is -5.27. The van der Waals surface area contributed by atoms with Gasteiger partial charge in [-0.15, -0.1) is 0 Å². The lowest BCUT2D eigenvalue weighted by molar-refractivity contribution is -0.130. The number of hydrogen-bond acceptors (Lipinski definition) is 9. The van der Waals surface area contributed by atoms with Crippen LogP contribution in [-0.4, -0.2) is 56.4 Å². The Morgan fingerprint density at radius 3 is 2.42 bits per heavy atom. The smallest absolute Gasteiger partial charge is 0.266 e. The number of aliphatic imine (C=N–C) groups is 1. The maximum absolute atomic E-state index is 14.4. The molecule has 3 N–H and O–H groups in total. The van der Waals surface area contributed by atoms with E-state index in [1.807, 2.05) is 0 Å². The van der Waals surface area contributed by atoms with Crippen molar-refractivity contribution < 1.29 is 32.2 Å². The molecule has 0 radical (unpaired) electrons. The molecule has 0 saturated heterocycles. The Kier molecular flexibility index (Phi) is 12.2. The number of hydrazine groups is 1.